The Kier molecular flexibility index (Phi) is 8.55. The third-order valence-corrected chi connectivity index (χ3v) is 11.1. The maximum absolute atomic E-state index is 2.61. The van der Waals surface area contributed by atoms with E-state index >= 15 is 0 Å². The summed E-state index contributed by atoms with van der Waals surface area (Å²) in [6.07, 6.45) is 9.48. The van der Waals surface area contributed by atoms with Gasteiger partial charge in [-0.1, -0.05) is 140 Å². The van der Waals surface area contributed by atoms with Gasteiger partial charge >= 0.3 is 0 Å². The lowest BCUT2D eigenvalue weighted by Gasteiger charge is -2.37. The summed E-state index contributed by atoms with van der Waals surface area (Å²) >= 11 is 0. The van der Waals surface area contributed by atoms with Crippen molar-refractivity contribution in [3.8, 4) is 44.5 Å². The summed E-state index contributed by atoms with van der Waals surface area (Å²) in [6, 6.07) is 60.3. The molecule has 248 valence electrons. The highest BCUT2D eigenvalue weighted by molar-refractivity contribution is 5.89. The molecule has 0 amide bonds. The Hall–Kier alpha value is -5.66. The molecule has 7 aromatic rings. The van der Waals surface area contributed by atoms with Gasteiger partial charge in [-0.25, -0.2) is 0 Å². The van der Waals surface area contributed by atoms with Crippen molar-refractivity contribution in [1.82, 2.24) is 0 Å². The van der Waals surface area contributed by atoms with Gasteiger partial charge in [-0.15, -0.1) is 0 Å². The summed E-state index contributed by atoms with van der Waals surface area (Å²) in [5.41, 5.74) is 20.6. The molecule has 0 spiro atoms. The van der Waals surface area contributed by atoms with Gasteiger partial charge in [0.15, 0.2) is 0 Å². The third-order valence-electron chi connectivity index (χ3n) is 11.1. The standard InChI is InChI=1S/C50H43N/c1-4-14-36(15-5-1)39-24-26-42(27-25-39)49-45-20-10-12-22-47(45)50(48-23-13-11-21-46(48)49)51(43-32-28-40(29-33-43)37-16-6-2-7-17-37)44-34-30-41(31-35-44)38-18-8-3-9-19-38/h1-9,14-19,24-35H,10-13,20-23H2. The summed E-state index contributed by atoms with van der Waals surface area (Å²) in [5, 5.41) is 0. The first-order valence-electron chi connectivity index (χ1n) is 18.8. The molecule has 0 N–H and O–H groups in total. The fourth-order valence-corrected chi connectivity index (χ4v) is 8.60. The van der Waals surface area contributed by atoms with Crippen LogP contribution in [0.1, 0.15) is 47.9 Å². The maximum atomic E-state index is 2.61. The molecule has 1 nitrogen and oxygen atoms in total. The molecule has 0 aliphatic heterocycles. The smallest absolute Gasteiger partial charge is 0.0531 e. The second-order valence-electron chi connectivity index (χ2n) is 14.2. The van der Waals surface area contributed by atoms with Gasteiger partial charge in [-0.3, -0.25) is 0 Å². The van der Waals surface area contributed by atoms with E-state index in [-0.39, 0.29) is 0 Å². The molecule has 0 aromatic heterocycles. The van der Waals surface area contributed by atoms with Gasteiger partial charge in [-0.2, -0.15) is 0 Å². The Morgan fingerprint density at radius 3 is 0.941 bits per heavy atom. The van der Waals surface area contributed by atoms with Crippen LogP contribution in [0.2, 0.25) is 0 Å². The lowest BCUT2D eigenvalue weighted by Crippen LogP contribution is -2.21. The van der Waals surface area contributed by atoms with Crippen molar-refractivity contribution in [3.05, 3.63) is 186 Å². The van der Waals surface area contributed by atoms with E-state index in [4.69, 9.17) is 0 Å². The highest BCUT2D eigenvalue weighted by Crippen LogP contribution is 2.50. The minimum Gasteiger partial charge on any atom is -0.310 e. The molecule has 0 saturated carbocycles. The normalized spacial score (nSPS) is 13.6. The van der Waals surface area contributed by atoms with E-state index in [2.05, 4.69) is 169 Å². The van der Waals surface area contributed by atoms with E-state index in [9.17, 15) is 0 Å². The van der Waals surface area contributed by atoms with Gasteiger partial charge in [0.1, 0.15) is 0 Å². The van der Waals surface area contributed by atoms with Gasteiger partial charge in [0.25, 0.3) is 0 Å². The maximum Gasteiger partial charge on any atom is 0.0531 e. The molecular weight excluding hydrogens is 615 g/mol. The molecule has 1 heteroatoms. The first-order chi connectivity index (χ1) is 25.3. The van der Waals surface area contributed by atoms with E-state index < -0.39 is 0 Å². The predicted molar refractivity (Wildman–Crippen MR) is 216 cm³/mol. The third kappa shape index (κ3) is 6.08. The zero-order valence-corrected chi connectivity index (χ0v) is 29.2. The number of hydrogen-bond donors (Lipinski definition) is 0. The molecule has 0 radical (unpaired) electrons. The van der Waals surface area contributed by atoms with Crippen LogP contribution in [0.5, 0.6) is 0 Å². The Labute approximate surface area is 302 Å². The second kappa shape index (κ2) is 13.9. The van der Waals surface area contributed by atoms with Crippen LogP contribution in [0, 0.1) is 0 Å². The fourth-order valence-electron chi connectivity index (χ4n) is 8.60. The summed E-state index contributed by atoms with van der Waals surface area (Å²) in [6.45, 7) is 0. The number of benzene rings is 7. The van der Waals surface area contributed by atoms with Crippen molar-refractivity contribution in [3.63, 3.8) is 0 Å². The van der Waals surface area contributed by atoms with Crippen molar-refractivity contribution >= 4 is 17.1 Å². The Morgan fingerprint density at radius 1 is 0.275 bits per heavy atom. The molecule has 0 fully saturated rings. The molecule has 0 heterocycles. The molecule has 51 heavy (non-hydrogen) atoms. The molecule has 0 saturated heterocycles. The number of nitrogens with zero attached hydrogens (tertiary/aromatic N) is 1. The van der Waals surface area contributed by atoms with Crippen LogP contribution in [-0.2, 0) is 25.7 Å². The summed E-state index contributed by atoms with van der Waals surface area (Å²) in [7, 11) is 0. The number of hydrogen-bond acceptors (Lipinski definition) is 1. The number of fused-ring (bicyclic) bond motifs is 2. The SMILES string of the molecule is c1ccc(-c2ccc(-c3c4c(c(N(c5ccc(-c6ccccc6)cc5)c5ccc(-c6ccccc6)cc5)c5c3CCCC5)CCCC4)cc2)cc1. The van der Waals surface area contributed by atoms with Gasteiger partial charge < -0.3 is 4.90 Å². The highest BCUT2D eigenvalue weighted by Gasteiger charge is 2.31. The molecule has 7 aromatic carbocycles. The van der Waals surface area contributed by atoms with E-state index in [1.807, 2.05) is 0 Å². The average Bonchev–Trinajstić information content (AvgIpc) is 3.22. The fraction of sp³-hybridized carbons (Fsp3) is 0.160. The van der Waals surface area contributed by atoms with Crippen LogP contribution in [0.3, 0.4) is 0 Å². The molecule has 0 bridgehead atoms. The molecule has 0 unspecified atom stereocenters. The average molecular weight is 658 g/mol. The van der Waals surface area contributed by atoms with Crippen LogP contribution in [-0.4, -0.2) is 0 Å². The van der Waals surface area contributed by atoms with Crippen LogP contribution in [0.15, 0.2) is 164 Å². The molecular formula is C50H43N. The van der Waals surface area contributed by atoms with Crippen molar-refractivity contribution in [2.45, 2.75) is 51.4 Å². The van der Waals surface area contributed by atoms with Crippen molar-refractivity contribution in [1.29, 1.82) is 0 Å². The molecule has 9 rings (SSSR count). The van der Waals surface area contributed by atoms with Gasteiger partial charge in [-0.05, 0) is 142 Å². The van der Waals surface area contributed by atoms with E-state index in [1.54, 1.807) is 22.3 Å². The second-order valence-corrected chi connectivity index (χ2v) is 14.2. The first kappa shape index (κ1) is 31.3. The van der Waals surface area contributed by atoms with Gasteiger partial charge in [0.2, 0.25) is 0 Å². The largest absolute Gasteiger partial charge is 0.310 e. The zero-order valence-electron chi connectivity index (χ0n) is 29.2. The first-order valence-corrected chi connectivity index (χ1v) is 18.8. The summed E-state index contributed by atoms with van der Waals surface area (Å²) < 4.78 is 0. The Balaban J connectivity index is 1.22. The molecule has 0 atom stereocenters. The van der Waals surface area contributed by atoms with E-state index in [1.165, 1.54) is 87.3 Å². The Bertz CT molecular complexity index is 2130. The molecule has 2 aliphatic carbocycles. The van der Waals surface area contributed by atoms with E-state index in [0.29, 0.717) is 0 Å². The van der Waals surface area contributed by atoms with Crippen LogP contribution in [0.4, 0.5) is 17.1 Å². The minimum atomic E-state index is 1.12. The highest BCUT2D eigenvalue weighted by atomic mass is 15.1. The number of rotatable bonds is 7. The van der Waals surface area contributed by atoms with Gasteiger partial charge in [0, 0.05) is 11.4 Å². The Morgan fingerprint density at radius 2 is 0.569 bits per heavy atom. The monoisotopic (exact) mass is 657 g/mol. The van der Waals surface area contributed by atoms with Crippen LogP contribution >= 0.6 is 0 Å². The van der Waals surface area contributed by atoms with Crippen LogP contribution < -0.4 is 4.90 Å². The van der Waals surface area contributed by atoms with Crippen molar-refractivity contribution < 1.29 is 0 Å². The molecule has 2 aliphatic rings. The minimum absolute atomic E-state index is 1.12. The van der Waals surface area contributed by atoms with E-state index in [0.717, 1.165) is 25.7 Å². The summed E-state index contributed by atoms with van der Waals surface area (Å²) in [4.78, 5) is 2.61. The lowest BCUT2D eigenvalue weighted by atomic mass is 9.75. The number of anilines is 3. The van der Waals surface area contributed by atoms with Crippen molar-refractivity contribution in [2.24, 2.45) is 0 Å². The quantitative estimate of drug-likeness (QED) is 0.165. The van der Waals surface area contributed by atoms with Crippen LogP contribution in [0.25, 0.3) is 44.5 Å². The lowest BCUT2D eigenvalue weighted by molar-refractivity contribution is 0.661. The summed E-state index contributed by atoms with van der Waals surface area (Å²) in [5.74, 6) is 0. The predicted octanol–water partition coefficient (Wildman–Crippen LogP) is 13.6. The topological polar surface area (TPSA) is 3.24 Å². The zero-order chi connectivity index (χ0) is 34.0. The van der Waals surface area contributed by atoms with Gasteiger partial charge in [0.05, 0.1) is 5.69 Å². The van der Waals surface area contributed by atoms with Crippen molar-refractivity contribution in [2.75, 3.05) is 4.90 Å².